The summed E-state index contributed by atoms with van der Waals surface area (Å²) in [7, 11) is 0. The Balaban J connectivity index is 1.25. The van der Waals surface area contributed by atoms with Crippen molar-refractivity contribution in [2.75, 3.05) is 44.6 Å². The molecule has 0 bridgehead atoms. The number of anilines is 1. The van der Waals surface area contributed by atoms with Crippen LogP contribution in [0.4, 0.5) is 5.69 Å². The Morgan fingerprint density at radius 1 is 1.03 bits per heavy atom. The van der Waals surface area contributed by atoms with Crippen molar-refractivity contribution in [3.63, 3.8) is 0 Å². The SMILES string of the molecule is Cc1ccc(NC(=O)CN2CCN(C(=O)C3COc4ccccc4O3)CC2)c(C)c1. The Labute approximate surface area is 176 Å². The number of fused-ring (bicyclic) bond motifs is 1. The van der Waals surface area contributed by atoms with Crippen LogP contribution in [0.15, 0.2) is 42.5 Å². The summed E-state index contributed by atoms with van der Waals surface area (Å²) in [6, 6.07) is 13.3. The number of hydrogen-bond donors (Lipinski definition) is 1. The van der Waals surface area contributed by atoms with E-state index >= 15 is 0 Å². The fourth-order valence-corrected chi connectivity index (χ4v) is 3.82. The normalized spacial score (nSPS) is 18.7. The maximum Gasteiger partial charge on any atom is 0.267 e. The van der Waals surface area contributed by atoms with Crippen molar-refractivity contribution in [1.82, 2.24) is 9.80 Å². The molecule has 1 unspecified atom stereocenters. The summed E-state index contributed by atoms with van der Waals surface area (Å²) in [6.07, 6.45) is -0.626. The van der Waals surface area contributed by atoms with Crippen molar-refractivity contribution in [3.05, 3.63) is 53.6 Å². The van der Waals surface area contributed by atoms with E-state index in [4.69, 9.17) is 9.47 Å². The average molecular weight is 409 g/mol. The number of benzene rings is 2. The summed E-state index contributed by atoms with van der Waals surface area (Å²) in [5, 5.41) is 2.98. The van der Waals surface area contributed by atoms with Crippen LogP contribution < -0.4 is 14.8 Å². The maximum atomic E-state index is 12.8. The Hall–Kier alpha value is -3.06. The lowest BCUT2D eigenvalue weighted by Gasteiger charge is -2.36. The first-order valence-corrected chi connectivity index (χ1v) is 10.3. The van der Waals surface area contributed by atoms with Crippen molar-refractivity contribution in [2.45, 2.75) is 20.0 Å². The number of hydrogen-bond acceptors (Lipinski definition) is 5. The minimum Gasteiger partial charge on any atom is -0.485 e. The van der Waals surface area contributed by atoms with Crippen LogP contribution in [0, 0.1) is 13.8 Å². The molecule has 2 amide bonds. The monoisotopic (exact) mass is 409 g/mol. The predicted molar refractivity (Wildman–Crippen MR) is 114 cm³/mol. The van der Waals surface area contributed by atoms with E-state index in [1.54, 1.807) is 11.0 Å². The van der Waals surface area contributed by atoms with Gasteiger partial charge in [0, 0.05) is 31.9 Å². The molecule has 0 aliphatic carbocycles. The Bertz CT molecular complexity index is 938. The molecule has 2 aliphatic heterocycles. The van der Waals surface area contributed by atoms with Crippen molar-refractivity contribution >= 4 is 17.5 Å². The summed E-state index contributed by atoms with van der Waals surface area (Å²) in [5.74, 6) is 1.16. The average Bonchev–Trinajstić information content (AvgIpc) is 2.75. The summed E-state index contributed by atoms with van der Waals surface area (Å²) < 4.78 is 11.5. The summed E-state index contributed by atoms with van der Waals surface area (Å²) >= 11 is 0. The highest BCUT2D eigenvalue weighted by Gasteiger charge is 2.32. The predicted octanol–water partition coefficient (Wildman–Crippen LogP) is 2.23. The molecule has 2 heterocycles. The van der Waals surface area contributed by atoms with Crippen LogP contribution in [0.2, 0.25) is 0 Å². The molecule has 2 aliphatic rings. The second-order valence-electron chi connectivity index (χ2n) is 7.83. The zero-order valence-electron chi connectivity index (χ0n) is 17.4. The Morgan fingerprint density at radius 3 is 2.50 bits per heavy atom. The molecule has 4 rings (SSSR count). The van der Waals surface area contributed by atoms with Crippen LogP contribution in [0.25, 0.3) is 0 Å². The summed E-state index contributed by atoms with van der Waals surface area (Å²) in [4.78, 5) is 29.1. The van der Waals surface area contributed by atoms with Crippen LogP contribution >= 0.6 is 0 Å². The highest BCUT2D eigenvalue weighted by atomic mass is 16.6. The number of nitrogens with one attached hydrogen (secondary N) is 1. The van der Waals surface area contributed by atoms with Gasteiger partial charge in [-0.25, -0.2) is 0 Å². The maximum absolute atomic E-state index is 12.8. The molecule has 1 fully saturated rings. The number of ether oxygens (including phenoxy) is 2. The van der Waals surface area contributed by atoms with Gasteiger partial charge < -0.3 is 19.7 Å². The minimum atomic E-state index is -0.626. The molecule has 0 aromatic heterocycles. The smallest absolute Gasteiger partial charge is 0.267 e. The first kappa shape index (κ1) is 20.2. The number of aryl methyl sites for hydroxylation is 2. The summed E-state index contributed by atoms with van der Waals surface area (Å²) in [5.41, 5.74) is 3.06. The number of amides is 2. The van der Waals surface area contributed by atoms with Gasteiger partial charge in [-0.2, -0.15) is 0 Å². The number of carbonyl (C=O) groups is 2. The van der Waals surface area contributed by atoms with Gasteiger partial charge in [-0.05, 0) is 37.6 Å². The van der Waals surface area contributed by atoms with E-state index < -0.39 is 6.10 Å². The van der Waals surface area contributed by atoms with Gasteiger partial charge in [0.05, 0.1) is 6.54 Å². The van der Waals surface area contributed by atoms with Gasteiger partial charge in [-0.1, -0.05) is 29.8 Å². The van der Waals surface area contributed by atoms with Gasteiger partial charge in [0.15, 0.2) is 11.5 Å². The number of nitrogens with zero attached hydrogens (tertiary/aromatic N) is 2. The number of piperazine rings is 1. The molecule has 7 heteroatoms. The quantitative estimate of drug-likeness (QED) is 0.839. The zero-order chi connectivity index (χ0) is 21.1. The van der Waals surface area contributed by atoms with E-state index in [1.165, 1.54) is 5.56 Å². The van der Waals surface area contributed by atoms with E-state index in [0.29, 0.717) is 44.2 Å². The van der Waals surface area contributed by atoms with Crippen LogP contribution in [-0.4, -0.2) is 67.0 Å². The van der Waals surface area contributed by atoms with E-state index in [-0.39, 0.29) is 18.4 Å². The Kier molecular flexibility index (Phi) is 5.90. The van der Waals surface area contributed by atoms with Gasteiger partial charge in [0.25, 0.3) is 5.91 Å². The van der Waals surface area contributed by atoms with E-state index in [0.717, 1.165) is 11.3 Å². The second-order valence-corrected chi connectivity index (χ2v) is 7.83. The fraction of sp³-hybridized carbons (Fsp3) is 0.391. The largest absolute Gasteiger partial charge is 0.485 e. The minimum absolute atomic E-state index is 0.0395. The van der Waals surface area contributed by atoms with Crippen molar-refractivity contribution in [1.29, 1.82) is 0 Å². The van der Waals surface area contributed by atoms with E-state index in [2.05, 4.69) is 16.3 Å². The van der Waals surface area contributed by atoms with E-state index in [1.807, 2.05) is 44.2 Å². The zero-order valence-corrected chi connectivity index (χ0v) is 17.4. The molecule has 30 heavy (non-hydrogen) atoms. The molecule has 0 saturated carbocycles. The van der Waals surface area contributed by atoms with Gasteiger partial charge in [0.1, 0.15) is 6.61 Å². The first-order valence-electron chi connectivity index (χ1n) is 10.3. The molecule has 0 radical (unpaired) electrons. The van der Waals surface area contributed by atoms with E-state index in [9.17, 15) is 9.59 Å². The van der Waals surface area contributed by atoms with Crippen molar-refractivity contribution in [2.24, 2.45) is 0 Å². The molecule has 2 aromatic rings. The molecule has 2 aromatic carbocycles. The Morgan fingerprint density at radius 2 is 1.77 bits per heavy atom. The fourth-order valence-electron chi connectivity index (χ4n) is 3.82. The molecule has 7 nitrogen and oxygen atoms in total. The van der Waals surface area contributed by atoms with Crippen molar-refractivity contribution in [3.8, 4) is 11.5 Å². The molecular weight excluding hydrogens is 382 g/mol. The van der Waals surface area contributed by atoms with Gasteiger partial charge >= 0.3 is 0 Å². The lowest BCUT2D eigenvalue weighted by Crippen LogP contribution is -2.54. The second kappa shape index (κ2) is 8.75. The number of rotatable bonds is 4. The van der Waals surface area contributed by atoms with Crippen molar-refractivity contribution < 1.29 is 19.1 Å². The standard InChI is InChI=1S/C23H27N3O4/c1-16-7-8-18(17(2)13-16)24-22(27)14-25-9-11-26(12-10-25)23(28)21-15-29-19-5-3-4-6-20(19)30-21/h3-8,13,21H,9-12,14-15H2,1-2H3,(H,24,27). The number of carbonyl (C=O) groups excluding carboxylic acids is 2. The van der Waals surface area contributed by atoms with Gasteiger partial charge in [-0.3, -0.25) is 14.5 Å². The highest BCUT2D eigenvalue weighted by molar-refractivity contribution is 5.93. The third kappa shape index (κ3) is 4.57. The van der Waals surface area contributed by atoms with Crippen LogP contribution in [0.5, 0.6) is 11.5 Å². The topological polar surface area (TPSA) is 71.1 Å². The van der Waals surface area contributed by atoms with Crippen LogP contribution in [0.1, 0.15) is 11.1 Å². The van der Waals surface area contributed by atoms with Crippen LogP contribution in [0.3, 0.4) is 0 Å². The third-order valence-electron chi connectivity index (χ3n) is 5.49. The van der Waals surface area contributed by atoms with Gasteiger partial charge in [-0.15, -0.1) is 0 Å². The molecule has 1 saturated heterocycles. The summed E-state index contributed by atoms with van der Waals surface area (Å²) in [6.45, 7) is 6.98. The molecule has 0 spiro atoms. The molecule has 1 N–H and O–H groups in total. The van der Waals surface area contributed by atoms with Crippen LogP contribution in [-0.2, 0) is 9.59 Å². The lowest BCUT2D eigenvalue weighted by molar-refractivity contribution is -0.143. The van der Waals surface area contributed by atoms with Gasteiger partial charge in [0.2, 0.25) is 12.0 Å². The lowest BCUT2D eigenvalue weighted by atomic mass is 10.1. The molecule has 158 valence electrons. The highest BCUT2D eigenvalue weighted by Crippen LogP contribution is 2.31. The molecular formula is C23H27N3O4. The third-order valence-corrected chi connectivity index (χ3v) is 5.49. The first-order chi connectivity index (χ1) is 14.5. The number of para-hydroxylation sites is 2. The molecule has 1 atom stereocenters.